The predicted molar refractivity (Wildman–Crippen MR) is 70.5 cm³/mol. The summed E-state index contributed by atoms with van der Waals surface area (Å²) in [4.78, 5) is 23.4. The third-order valence-corrected chi connectivity index (χ3v) is 3.34. The van der Waals surface area contributed by atoms with Gasteiger partial charge >= 0.3 is 0 Å². The molecule has 1 saturated heterocycles. The number of amides is 1. The molecule has 2 rings (SSSR count). The summed E-state index contributed by atoms with van der Waals surface area (Å²) in [5.41, 5.74) is 0.589. The molecular formula is C13H14BrNO3. The molecule has 96 valence electrons. The van der Waals surface area contributed by atoms with E-state index < -0.39 is 0 Å². The molecule has 1 N–H and O–H groups in total. The molecule has 1 amide bonds. The van der Waals surface area contributed by atoms with Crippen LogP contribution in [0.1, 0.15) is 23.2 Å². The highest BCUT2D eigenvalue weighted by atomic mass is 79.9. The fourth-order valence-corrected chi connectivity index (χ4v) is 2.07. The SMILES string of the molecule is O=C(CNC(=O)C1CCCO1)c1ccc(Br)cc1. The lowest BCUT2D eigenvalue weighted by atomic mass is 10.1. The van der Waals surface area contributed by atoms with Crippen molar-refractivity contribution < 1.29 is 14.3 Å². The summed E-state index contributed by atoms with van der Waals surface area (Å²) in [5.74, 6) is -0.299. The molecule has 1 atom stereocenters. The van der Waals surface area contributed by atoms with Crippen molar-refractivity contribution in [2.45, 2.75) is 18.9 Å². The van der Waals surface area contributed by atoms with E-state index in [1.807, 2.05) is 0 Å². The van der Waals surface area contributed by atoms with Crippen molar-refractivity contribution in [2.24, 2.45) is 0 Å². The van der Waals surface area contributed by atoms with Crippen LogP contribution in [0.4, 0.5) is 0 Å². The van der Waals surface area contributed by atoms with Crippen LogP contribution in [-0.4, -0.2) is 30.9 Å². The molecule has 1 aliphatic rings. The van der Waals surface area contributed by atoms with Crippen LogP contribution in [0.5, 0.6) is 0 Å². The summed E-state index contributed by atoms with van der Waals surface area (Å²) in [6.45, 7) is 0.638. The van der Waals surface area contributed by atoms with E-state index in [2.05, 4.69) is 21.2 Å². The van der Waals surface area contributed by atoms with E-state index >= 15 is 0 Å². The van der Waals surface area contributed by atoms with Crippen LogP contribution in [0.25, 0.3) is 0 Å². The molecule has 1 fully saturated rings. The molecule has 1 aliphatic heterocycles. The average Bonchev–Trinajstić information content (AvgIpc) is 2.90. The second-order valence-corrected chi connectivity index (χ2v) is 5.07. The number of hydrogen-bond acceptors (Lipinski definition) is 3. The molecule has 0 aromatic heterocycles. The molecule has 18 heavy (non-hydrogen) atoms. The van der Waals surface area contributed by atoms with E-state index in [1.54, 1.807) is 24.3 Å². The van der Waals surface area contributed by atoms with Crippen LogP contribution in [-0.2, 0) is 9.53 Å². The second kappa shape index (κ2) is 6.11. The summed E-state index contributed by atoms with van der Waals surface area (Å²) in [7, 11) is 0. The Bertz CT molecular complexity index is 438. The Labute approximate surface area is 114 Å². The summed E-state index contributed by atoms with van der Waals surface area (Å²) < 4.78 is 6.16. The molecule has 0 radical (unpaired) electrons. The highest BCUT2D eigenvalue weighted by molar-refractivity contribution is 9.10. The number of carbonyl (C=O) groups excluding carboxylic acids is 2. The van der Waals surface area contributed by atoms with Crippen LogP contribution in [0.2, 0.25) is 0 Å². The minimum absolute atomic E-state index is 0.0142. The maximum absolute atomic E-state index is 11.8. The Morgan fingerprint density at radius 1 is 1.33 bits per heavy atom. The number of benzene rings is 1. The van der Waals surface area contributed by atoms with Gasteiger partial charge in [-0.3, -0.25) is 9.59 Å². The summed E-state index contributed by atoms with van der Waals surface area (Å²) in [6, 6.07) is 7.06. The minimum Gasteiger partial charge on any atom is -0.368 e. The van der Waals surface area contributed by atoms with Gasteiger partial charge in [0.25, 0.3) is 0 Å². The number of ether oxygens (including phenoxy) is 1. The maximum atomic E-state index is 11.8. The van der Waals surface area contributed by atoms with Crippen molar-refractivity contribution in [1.82, 2.24) is 5.32 Å². The lowest BCUT2D eigenvalue weighted by Crippen LogP contribution is -2.37. The number of carbonyl (C=O) groups is 2. The van der Waals surface area contributed by atoms with Gasteiger partial charge in [-0.15, -0.1) is 0 Å². The zero-order valence-electron chi connectivity index (χ0n) is 9.82. The first kappa shape index (κ1) is 13.2. The van der Waals surface area contributed by atoms with E-state index in [0.29, 0.717) is 12.2 Å². The largest absolute Gasteiger partial charge is 0.368 e. The van der Waals surface area contributed by atoms with Crippen LogP contribution in [0.15, 0.2) is 28.7 Å². The molecule has 5 heteroatoms. The van der Waals surface area contributed by atoms with Crippen molar-refractivity contribution in [3.05, 3.63) is 34.3 Å². The zero-order chi connectivity index (χ0) is 13.0. The molecule has 0 bridgehead atoms. The van der Waals surface area contributed by atoms with Gasteiger partial charge in [-0.05, 0) is 25.0 Å². The predicted octanol–water partition coefficient (Wildman–Crippen LogP) is 1.93. The quantitative estimate of drug-likeness (QED) is 0.864. The van der Waals surface area contributed by atoms with Gasteiger partial charge in [-0.2, -0.15) is 0 Å². The van der Waals surface area contributed by atoms with E-state index in [0.717, 1.165) is 17.3 Å². The zero-order valence-corrected chi connectivity index (χ0v) is 11.4. The minimum atomic E-state index is -0.386. The monoisotopic (exact) mass is 311 g/mol. The van der Waals surface area contributed by atoms with Gasteiger partial charge in [0.1, 0.15) is 6.10 Å². The van der Waals surface area contributed by atoms with Gasteiger partial charge in [0.15, 0.2) is 5.78 Å². The van der Waals surface area contributed by atoms with Gasteiger partial charge < -0.3 is 10.1 Å². The van der Waals surface area contributed by atoms with Crippen LogP contribution < -0.4 is 5.32 Å². The molecule has 1 aromatic rings. The van der Waals surface area contributed by atoms with Gasteiger partial charge in [-0.1, -0.05) is 28.1 Å². The fourth-order valence-electron chi connectivity index (χ4n) is 1.80. The van der Waals surface area contributed by atoms with Crippen LogP contribution in [0, 0.1) is 0 Å². The number of Topliss-reactive ketones (excluding diaryl/α,β-unsaturated/α-hetero) is 1. The van der Waals surface area contributed by atoms with Crippen molar-refractivity contribution in [3.63, 3.8) is 0 Å². The van der Waals surface area contributed by atoms with Gasteiger partial charge in [0.05, 0.1) is 6.54 Å². The second-order valence-electron chi connectivity index (χ2n) is 4.15. The molecule has 0 aliphatic carbocycles. The first-order valence-corrected chi connectivity index (χ1v) is 6.64. The summed E-state index contributed by atoms with van der Waals surface area (Å²) in [6.07, 6.45) is 1.25. The Balaban J connectivity index is 1.84. The number of halogens is 1. The first-order chi connectivity index (χ1) is 8.66. The summed E-state index contributed by atoms with van der Waals surface area (Å²) in [5, 5.41) is 2.61. The Morgan fingerprint density at radius 2 is 2.06 bits per heavy atom. The number of hydrogen-bond donors (Lipinski definition) is 1. The van der Waals surface area contributed by atoms with Gasteiger partial charge in [0.2, 0.25) is 5.91 Å². The molecule has 1 unspecified atom stereocenters. The number of ketones is 1. The van der Waals surface area contributed by atoms with E-state index in [1.165, 1.54) is 0 Å². The van der Waals surface area contributed by atoms with Crippen molar-refractivity contribution >= 4 is 27.6 Å². The first-order valence-electron chi connectivity index (χ1n) is 5.85. The standard InChI is InChI=1S/C13H14BrNO3/c14-10-5-3-9(4-6-10)11(16)8-15-13(17)12-2-1-7-18-12/h3-6,12H,1-2,7-8H2,(H,15,17). The Morgan fingerprint density at radius 3 is 2.67 bits per heavy atom. The molecule has 0 saturated carbocycles. The van der Waals surface area contributed by atoms with Crippen LogP contribution in [0.3, 0.4) is 0 Å². The van der Waals surface area contributed by atoms with E-state index in [9.17, 15) is 9.59 Å². The average molecular weight is 312 g/mol. The molecule has 1 aromatic carbocycles. The van der Waals surface area contributed by atoms with E-state index in [4.69, 9.17) is 4.74 Å². The van der Waals surface area contributed by atoms with Crippen LogP contribution >= 0.6 is 15.9 Å². The van der Waals surface area contributed by atoms with Crippen molar-refractivity contribution in [3.8, 4) is 0 Å². The van der Waals surface area contributed by atoms with Crippen molar-refractivity contribution in [1.29, 1.82) is 0 Å². The third kappa shape index (κ3) is 3.40. The third-order valence-electron chi connectivity index (χ3n) is 2.81. The lowest BCUT2D eigenvalue weighted by molar-refractivity contribution is -0.129. The number of nitrogens with one attached hydrogen (secondary N) is 1. The highest BCUT2D eigenvalue weighted by Crippen LogP contribution is 2.12. The molecule has 4 nitrogen and oxygen atoms in total. The fraction of sp³-hybridized carbons (Fsp3) is 0.385. The van der Waals surface area contributed by atoms with E-state index in [-0.39, 0.29) is 24.3 Å². The molecule has 1 heterocycles. The van der Waals surface area contributed by atoms with Crippen molar-refractivity contribution in [2.75, 3.05) is 13.2 Å². The normalized spacial score (nSPS) is 18.6. The lowest BCUT2D eigenvalue weighted by Gasteiger charge is -2.09. The summed E-state index contributed by atoms with van der Waals surface area (Å²) >= 11 is 3.30. The van der Waals surface area contributed by atoms with Gasteiger partial charge in [-0.25, -0.2) is 0 Å². The van der Waals surface area contributed by atoms with Gasteiger partial charge in [0, 0.05) is 16.6 Å². The maximum Gasteiger partial charge on any atom is 0.249 e. The smallest absolute Gasteiger partial charge is 0.249 e. The number of rotatable bonds is 4. The molecular weight excluding hydrogens is 298 g/mol. The topological polar surface area (TPSA) is 55.4 Å². The Hall–Kier alpha value is -1.20. The Kier molecular flexibility index (Phi) is 4.49. The molecule has 0 spiro atoms. The highest BCUT2D eigenvalue weighted by Gasteiger charge is 2.23.